The fraction of sp³-hybridized carbons (Fsp3) is 0.296. The summed E-state index contributed by atoms with van der Waals surface area (Å²) in [4.78, 5) is 12.7. The number of benzene rings is 3. The molecule has 156 valence electrons. The lowest BCUT2D eigenvalue weighted by Gasteiger charge is -2.19. The molecular formula is C27H30O3. The Balaban J connectivity index is 1.61. The topological polar surface area (TPSA) is 35.5 Å². The molecule has 3 aromatic carbocycles. The summed E-state index contributed by atoms with van der Waals surface area (Å²) >= 11 is 0. The molecule has 0 aromatic heterocycles. The highest BCUT2D eigenvalue weighted by Crippen LogP contribution is 2.29. The zero-order chi connectivity index (χ0) is 21.6. The van der Waals surface area contributed by atoms with E-state index in [1.165, 1.54) is 5.56 Å². The van der Waals surface area contributed by atoms with Crippen LogP contribution in [0.3, 0.4) is 0 Å². The lowest BCUT2D eigenvalue weighted by Crippen LogP contribution is -2.20. The first-order valence-electron chi connectivity index (χ1n) is 10.4. The number of carbonyl (C=O) groups is 1. The highest BCUT2D eigenvalue weighted by Gasteiger charge is 2.19. The molecule has 0 fully saturated rings. The van der Waals surface area contributed by atoms with Crippen LogP contribution in [0.5, 0.6) is 11.5 Å². The van der Waals surface area contributed by atoms with Gasteiger partial charge in [0.05, 0.1) is 5.92 Å². The summed E-state index contributed by atoms with van der Waals surface area (Å²) in [7, 11) is 0. The highest BCUT2D eigenvalue weighted by molar-refractivity contribution is 5.75. The van der Waals surface area contributed by atoms with E-state index in [4.69, 9.17) is 9.47 Å². The molecule has 0 aliphatic carbocycles. The van der Waals surface area contributed by atoms with Crippen LogP contribution in [0.4, 0.5) is 0 Å². The van der Waals surface area contributed by atoms with Gasteiger partial charge in [-0.05, 0) is 40.7 Å². The largest absolute Gasteiger partial charge is 0.485 e. The molecule has 0 bridgehead atoms. The van der Waals surface area contributed by atoms with E-state index in [-0.39, 0.29) is 17.3 Å². The minimum absolute atomic E-state index is 0.118. The van der Waals surface area contributed by atoms with Crippen molar-refractivity contribution in [2.75, 3.05) is 0 Å². The van der Waals surface area contributed by atoms with Gasteiger partial charge >= 0.3 is 5.97 Å². The van der Waals surface area contributed by atoms with E-state index in [1.807, 2.05) is 55.5 Å². The van der Waals surface area contributed by atoms with Crippen molar-refractivity contribution in [1.82, 2.24) is 0 Å². The molecule has 0 N–H and O–H groups in total. The second-order valence-corrected chi connectivity index (χ2v) is 8.69. The first-order valence-corrected chi connectivity index (χ1v) is 10.4. The minimum Gasteiger partial charge on any atom is -0.485 e. The molecule has 0 aliphatic heterocycles. The molecule has 0 saturated carbocycles. The Bertz CT molecular complexity index is 953. The summed E-state index contributed by atoms with van der Waals surface area (Å²) in [5.74, 6) is 0.503. The molecule has 0 saturated heterocycles. The predicted molar refractivity (Wildman–Crippen MR) is 121 cm³/mol. The minimum atomic E-state index is -0.259. The van der Waals surface area contributed by atoms with Crippen molar-refractivity contribution in [2.24, 2.45) is 5.92 Å². The van der Waals surface area contributed by atoms with Crippen LogP contribution in [0.2, 0.25) is 0 Å². The van der Waals surface area contributed by atoms with E-state index in [9.17, 15) is 4.79 Å². The van der Waals surface area contributed by atoms with Crippen LogP contribution in [0.1, 0.15) is 44.4 Å². The Labute approximate surface area is 179 Å². The Hall–Kier alpha value is -3.07. The Kier molecular flexibility index (Phi) is 6.94. The fourth-order valence-corrected chi connectivity index (χ4v) is 3.18. The van der Waals surface area contributed by atoms with Crippen molar-refractivity contribution in [3.05, 3.63) is 95.6 Å². The molecule has 3 rings (SSSR count). The average molecular weight is 403 g/mol. The van der Waals surface area contributed by atoms with Crippen LogP contribution in [-0.4, -0.2) is 5.97 Å². The van der Waals surface area contributed by atoms with Crippen LogP contribution < -0.4 is 9.47 Å². The van der Waals surface area contributed by atoms with E-state index >= 15 is 0 Å². The zero-order valence-corrected chi connectivity index (χ0v) is 18.2. The summed E-state index contributed by atoms with van der Waals surface area (Å²) < 4.78 is 11.6. The molecule has 0 amide bonds. The number of carbonyl (C=O) groups excluding carboxylic acids is 1. The van der Waals surface area contributed by atoms with Crippen molar-refractivity contribution in [3.63, 3.8) is 0 Å². The SMILES string of the molecule is CC(Cc1ccc(C(C)(C)C)cc1)C(=O)Oc1ccccc1OCc1ccccc1. The smallest absolute Gasteiger partial charge is 0.314 e. The van der Waals surface area contributed by atoms with Gasteiger partial charge in [-0.3, -0.25) is 4.79 Å². The molecule has 0 spiro atoms. The number of hydrogen-bond donors (Lipinski definition) is 0. The monoisotopic (exact) mass is 402 g/mol. The molecule has 3 aromatic rings. The molecule has 3 nitrogen and oxygen atoms in total. The number of esters is 1. The molecule has 1 unspecified atom stereocenters. The van der Waals surface area contributed by atoms with Gasteiger partial charge in [0.15, 0.2) is 11.5 Å². The van der Waals surface area contributed by atoms with E-state index in [0.29, 0.717) is 24.5 Å². The van der Waals surface area contributed by atoms with Crippen molar-refractivity contribution in [2.45, 2.75) is 46.1 Å². The molecule has 0 aliphatic rings. The van der Waals surface area contributed by atoms with Crippen LogP contribution in [0.15, 0.2) is 78.9 Å². The maximum Gasteiger partial charge on any atom is 0.314 e. The van der Waals surface area contributed by atoms with Crippen LogP contribution >= 0.6 is 0 Å². The van der Waals surface area contributed by atoms with Crippen molar-refractivity contribution < 1.29 is 14.3 Å². The van der Waals surface area contributed by atoms with Crippen LogP contribution in [-0.2, 0) is 23.2 Å². The number of para-hydroxylation sites is 2. The third kappa shape index (κ3) is 5.96. The molecule has 0 radical (unpaired) electrons. The number of ether oxygens (including phenoxy) is 2. The summed E-state index contributed by atoms with van der Waals surface area (Å²) in [6.45, 7) is 8.90. The predicted octanol–water partition coefficient (Wildman–Crippen LogP) is 6.35. The quantitative estimate of drug-likeness (QED) is 0.341. The fourth-order valence-electron chi connectivity index (χ4n) is 3.18. The van der Waals surface area contributed by atoms with Gasteiger partial charge in [-0.25, -0.2) is 0 Å². The molecule has 1 atom stereocenters. The third-order valence-corrected chi connectivity index (χ3v) is 5.06. The van der Waals surface area contributed by atoms with E-state index < -0.39 is 0 Å². The first kappa shape index (κ1) is 21.6. The average Bonchev–Trinajstić information content (AvgIpc) is 2.73. The van der Waals surface area contributed by atoms with E-state index in [2.05, 4.69) is 45.0 Å². The van der Waals surface area contributed by atoms with Gasteiger partial charge in [0.1, 0.15) is 6.61 Å². The van der Waals surface area contributed by atoms with Crippen LogP contribution in [0, 0.1) is 5.92 Å². The third-order valence-electron chi connectivity index (χ3n) is 5.06. The second-order valence-electron chi connectivity index (χ2n) is 8.69. The number of rotatable bonds is 7. The molecular weight excluding hydrogens is 372 g/mol. The Morgan fingerprint density at radius 1 is 0.800 bits per heavy atom. The first-order chi connectivity index (χ1) is 14.3. The van der Waals surface area contributed by atoms with Crippen LogP contribution in [0.25, 0.3) is 0 Å². The lowest BCUT2D eigenvalue weighted by atomic mass is 9.86. The summed E-state index contributed by atoms with van der Waals surface area (Å²) in [5, 5.41) is 0. The van der Waals surface area contributed by atoms with Gasteiger partial charge in [0.2, 0.25) is 0 Å². The standard InChI is InChI=1S/C27H30O3/c1-20(18-21-14-16-23(17-15-21)27(2,3)4)26(28)30-25-13-9-8-12-24(25)29-19-22-10-6-5-7-11-22/h5-17,20H,18-19H2,1-4H3. The maximum absolute atomic E-state index is 12.7. The van der Waals surface area contributed by atoms with Crippen molar-refractivity contribution >= 4 is 5.97 Å². The van der Waals surface area contributed by atoms with Crippen molar-refractivity contribution in [3.8, 4) is 11.5 Å². The summed E-state index contributed by atoms with van der Waals surface area (Å²) in [5.41, 5.74) is 3.59. The molecule has 3 heteroatoms. The van der Waals surface area contributed by atoms with Gasteiger partial charge in [0, 0.05) is 0 Å². The summed E-state index contributed by atoms with van der Waals surface area (Å²) in [6, 6.07) is 25.7. The van der Waals surface area contributed by atoms with Gasteiger partial charge in [-0.2, -0.15) is 0 Å². The Morgan fingerprint density at radius 2 is 1.40 bits per heavy atom. The van der Waals surface area contributed by atoms with Crippen molar-refractivity contribution in [1.29, 1.82) is 0 Å². The van der Waals surface area contributed by atoms with Gasteiger partial charge in [-0.15, -0.1) is 0 Å². The van der Waals surface area contributed by atoms with Gasteiger partial charge in [0.25, 0.3) is 0 Å². The summed E-state index contributed by atoms with van der Waals surface area (Å²) in [6.07, 6.45) is 0.635. The Morgan fingerprint density at radius 3 is 2.03 bits per heavy atom. The number of hydrogen-bond acceptors (Lipinski definition) is 3. The maximum atomic E-state index is 12.7. The lowest BCUT2D eigenvalue weighted by molar-refractivity contribution is -0.138. The normalized spacial score (nSPS) is 12.3. The highest BCUT2D eigenvalue weighted by atomic mass is 16.6. The molecule has 0 heterocycles. The molecule has 30 heavy (non-hydrogen) atoms. The van der Waals surface area contributed by atoms with Gasteiger partial charge in [-0.1, -0.05) is 94.4 Å². The van der Waals surface area contributed by atoms with E-state index in [1.54, 1.807) is 6.07 Å². The van der Waals surface area contributed by atoms with Gasteiger partial charge < -0.3 is 9.47 Å². The second kappa shape index (κ2) is 9.62. The zero-order valence-electron chi connectivity index (χ0n) is 18.2. The van der Waals surface area contributed by atoms with E-state index in [0.717, 1.165) is 11.1 Å².